The Morgan fingerprint density at radius 3 is 3.04 bits per heavy atom. The Bertz CT molecular complexity index is 1090. The molecule has 0 spiro atoms. The smallest absolute Gasteiger partial charge is 0.221 e. The second kappa shape index (κ2) is 5.93. The molecule has 0 saturated heterocycles. The summed E-state index contributed by atoms with van der Waals surface area (Å²) in [7, 11) is 0. The summed E-state index contributed by atoms with van der Waals surface area (Å²) in [6, 6.07) is 6.13. The molecule has 0 N–H and O–H groups in total. The van der Waals surface area contributed by atoms with Gasteiger partial charge in [-0.05, 0) is 19.1 Å². The molecule has 8 nitrogen and oxygen atoms in total. The highest BCUT2D eigenvalue weighted by Crippen LogP contribution is 2.20. The van der Waals surface area contributed by atoms with Crippen molar-refractivity contribution in [1.82, 2.24) is 29.9 Å². The molecular weight excluding hydrogens is 325 g/mol. The van der Waals surface area contributed by atoms with Gasteiger partial charge in [0.2, 0.25) is 5.65 Å². The predicted octanol–water partition coefficient (Wildman–Crippen LogP) is 2.78. The number of benzene rings is 1. The number of aromatic nitrogens is 6. The number of pyridine rings is 1. The van der Waals surface area contributed by atoms with Crippen molar-refractivity contribution in [2.24, 2.45) is 5.18 Å². The van der Waals surface area contributed by atoms with Crippen molar-refractivity contribution in [3.63, 3.8) is 0 Å². The third-order valence-electron chi connectivity index (χ3n) is 3.92. The van der Waals surface area contributed by atoms with Gasteiger partial charge in [-0.2, -0.15) is 4.91 Å². The van der Waals surface area contributed by atoms with Crippen LogP contribution in [0.2, 0.25) is 0 Å². The van der Waals surface area contributed by atoms with Gasteiger partial charge in [-0.1, -0.05) is 16.5 Å². The highest BCUT2D eigenvalue weighted by molar-refractivity contribution is 5.79. The summed E-state index contributed by atoms with van der Waals surface area (Å²) in [5.41, 5.74) is 2.12. The van der Waals surface area contributed by atoms with Crippen molar-refractivity contribution in [1.29, 1.82) is 0 Å². The van der Waals surface area contributed by atoms with Crippen LogP contribution in [-0.2, 0) is 6.54 Å². The monoisotopic (exact) mass is 337 g/mol. The largest absolute Gasteiger partial charge is 0.256 e. The van der Waals surface area contributed by atoms with Crippen LogP contribution < -0.4 is 0 Å². The second-order valence-electron chi connectivity index (χ2n) is 5.61. The fourth-order valence-electron chi connectivity index (χ4n) is 2.55. The molecule has 25 heavy (non-hydrogen) atoms. The van der Waals surface area contributed by atoms with Crippen molar-refractivity contribution in [3.05, 3.63) is 58.6 Å². The van der Waals surface area contributed by atoms with Gasteiger partial charge >= 0.3 is 0 Å². The van der Waals surface area contributed by atoms with Crippen LogP contribution >= 0.6 is 0 Å². The molecule has 9 heteroatoms. The molecule has 124 valence electrons. The third-order valence-corrected chi connectivity index (χ3v) is 3.92. The zero-order valence-corrected chi connectivity index (χ0v) is 13.2. The lowest BCUT2D eigenvalue weighted by molar-refractivity contribution is 0.583. The first-order valence-corrected chi connectivity index (χ1v) is 7.57. The maximum atomic E-state index is 14.4. The van der Waals surface area contributed by atoms with Crippen LogP contribution in [0.5, 0.6) is 0 Å². The van der Waals surface area contributed by atoms with Gasteiger partial charge in [0.15, 0.2) is 5.65 Å². The molecule has 1 unspecified atom stereocenters. The van der Waals surface area contributed by atoms with E-state index in [0.717, 1.165) is 5.39 Å². The van der Waals surface area contributed by atoms with E-state index < -0.39 is 6.04 Å². The second-order valence-corrected chi connectivity index (χ2v) is 5.61. The Kier molecular flexibility index (Phi) is 3.60. The van der Waals surface area contributed by atoms with E-state index >= 15 is 0 Å². The number of nitrogens with zero attached hydrogens (tertiary/aromatic N) is 7. The first kappa shape index (κ1) is 15.2. The zero-order valence-electron chi connectivity index (χ0n) is 13.2. The number of hydrogen-bond donors (Lipinski definition) is 0. The first-order chi connectivity index (χ1) is 12.2. The Morgan fingerprint density at radius 2 is 2.20 bits per heavy atom. The lowest BCUT2D eigenvalue weighted by Gasteiger charge is -2.07. The van der Waals surface area contributed by atoms with Gasteiger partial charge in [0.05, 0.1) is 24.0 Å². The minimum atomic E-state index is -0.635. The highest BCUT2D eigenvalue weighted by Gasteiger charge is 2.15. The summed E-state index contributed by atoms with van der Waals surface area (Å²) in [5.74, 6) is -0.387. The van der Waals surface area contributed by atoms with E-state index in [0.29, 0.717) is 28.1 Å². The average Bonchev–Trinajstić information content (AvgIpc) is 3.04. The van der Waals surface area contributed by atoms with Gasteiger partial charge < -0.3 is 0 Å². The van der Waals surface area contributed by atoms with E-state index in [1.165, 1.54) is 16.9 Å². The molecule has 0 saturated carbocycles. The normalized spacial score (nSPS) is 12.6. The van der Waals surface area contributed by atoms with Crippen LogP contribution in [0.4, 0.5) is 4.39 Å². The Labute approximate surface area is 140 Å². The van der Waals surface area contributed by atoms with E-state index in [-0.39, 0.29) is 12.4 Å². The Balaban J connectivity index is 1.78. The number of rotatable bonds is 4. The fourth-order valence-corrected chi connectivity index (χ4v) is 2.55. The number of hydrogen-bond acceptors (Lipinski definition) is 7. The average molecular weight is 337 g/mol. The maximum Gasteiger partial charge on any atom is 0.221 e. The van der Waals surface area contributed by atoms with Crippen LogP contribution in [0.15, 0.2) is 41.8 Å². The summed E-state index contributed by atoms with van der Waals surface area (Å²) >= 11 is 0. The molecule has 0 fully saturated rings. The Morgan fingerprint density at radius 1 is 1.32 bits per heavy atom. The summed E-state index contributed by atoms with van der Waals surface area (Å²) in [5, 5.41) is 11.7. The van der Waals surface area contributed by atoms with E-state index in [9.17, 15) is 9.30 Å². The topological polar surface area (TPSA) is 98.8 Å². The molecule has 3 aromatic heterocycles. The third kappa shape index (κ3) is 2.69. The fraction of sp³-hybridized carbons (Fsp3) is 0.188. The first-order valence-electron chi connectivity index (χ1n) is 7.57. The summed E-state index contributed by atoms with van der Waals surface area (Å²) in [6.07, 6.45) is 3.06. The van der Waals surface area contributed by atoms with Crippen LogP contribution in [0, 0.1) is 10.7 Å². The van der Waals surface area contributed by atoms with Crippen molar-refractivity contribution in [3.8, 4) is 0 Å². The summed E-state index contributed by atoms with van der Waals surface area (Å²) in [4.78, 5) is 23.3. The minimum absolute atomic E-state index is 0.133. The van der Waals surface area contributed by atoms with E-state index in [4.69, 9.17) is 0 Å². The molecule has 0 aliphatic rings. The standard InChI is InChI=1S/C16H12FN7O/c1-9(22-25)14-7-19-15-16(20-14)24(23-21-15)8-11-5-10-3-2-4-18-13(10)6-12(11)17/h2-7,9H,8H2,1H3. The highest BCUT2D eigenvalue weighted by atomic mass is 19.1. The zero-order chi connectivity index (χ0) is 17.4. The molecule has 0 aliphatic heterocycles. The lowest BCUT2D eigenvalue weighted by Crippen LogP contribution is -2.06. The number of fused-ring (bicyclic) bond motifs is 2. The molecule has 0 radical (unpaired) electrons. The van der Waals surface area contributed by atoms with Crippen LogP contribution in [0.1, 0.15) is 24.2 Å². The van der Waals surface area contributed by atoms with Gasteiger partial charge in [0.1, 0.15) is 11.9 Å². The van der Waals surface area contributed by atoms with E-state index in [1.54, 1.807) is 25.3 Å². The number of nitroso groups, excluding NO2 is 1. The summed E-state index contributed by atoms with van der Waals surface area (Å²) in [6.45, 7) is 1.75. The quantitative estimate of drug-likeness (QED) is 0.531. The van der Waals surface area contributed by atoms with Crippen molar-refractivity contribution in [2.45, 2.75) is 19.5 Å². The van der Waals surface area contributed by atoms with Gasteiger partial charge in [-0.15, -0.1) is 5.10 Å². The molecular formula is C16H12FN7O. The Hall–Kier alpha value is -3.36. The van der Waals surface area contributed by atoms with E-state index in [2.05, 4.69) is 30.4 Å². The maximum absolute atomic E-state index is 14.4. The molecule has 0 amide bonds. The number of halogens is 1. The summed E-state index contributed by atoms with van der Waals surface area (Å²) < 4.78 is 15.8. The van der Waals surface area contributed by atoms with Gasteiger partial charge in [-0.25, -0.2) is 19.0 Å². The van der Waals surface area contributed by atoms with Gasteiger partial charge in [-0.3, -0.25) is 4.98 Å². The van der Waals surface area contributed by atoms with Gasteiger partial charge in [0.25, 0.3) is 0 Å². The molecule has 1 atom stereocenters. The lowest BCUT2D eigenvalue weighted by atomic mass is 10.1. The van der Waals surface area contributed by atoms with Crippen LogP contribution in [0.25, 0.3) is 22.2 Å². The molecule has 4 rings (SSSR count). The molecule has 4 aromatic rings. The molecule has 3 heterocycles. The van der Waals surface area contributed by atoms with Crippen molar-refractivity contribution < 1.29 is 4.39 Å². The SMILES string of the molecule is CC(N=O)c1cnc2nnn(Cc3cc4cccnc4cc3F)c2n1. The van der Waals surface area contributed by atoms with E-state index in [1.807, 2.05) is 6.07 Å². The minimum Gasteiger partial charge on any atom is -0.256 e. The van der Waals surface area contributed by atoms with Crippen molar-refractivity contribution in [2.75, 3.05) is 0 Å². The van der Waals surface area contributed by atoms with Crippen molar-refractivity contribution >= 4 is 22.2 Å². The molecule has 0 bridgehead atoms. The van der Waals surface area contributed by atoms with Gasteiger partial charge in [0, 0.05) is 23.2 Å². The van der Waals surface area contributed by atoms with Crippen LogP contribution in [-0.4, -0.2) is 29.9 Å². The molecule has 1 aromatic carbocycles. The van der Waals surface area contributed by atoms with Crippen LogP contribution in [0.3, 0.4) is 0 Å². The molecule has 0 aliphatic carbocycles. The predicted molar refractivity (Wildman–Crippen MR) is 88.1 cm³/mol.